The largest absolute Gasteiger partial charge is 0.507 e. The summed E-state index contributed by atoms with van der Waals surface area (Å²) in [6.45, 7) is 11.4. The summed E-state index contributed by atoms with van der Waals surface area (Å²) < 4.78 is 0. The van der Waals surface area contributed by atoms with Gasteiger partial charge in [-0.05, 0) is 17.7 Å². The Bertz CT molecular complexity index is 523. The van der Waals surface area contributed by atoms with Crippen LogP contribution in [0.3, 0.4) is 0 Å². The van der Waals surface area contributed by atoms with Crippen molar-refractivity contribution >= 4 is 0 Å². The summed E-state index contributed by atoms with van der Waals surface area (Å²) in [4.78, 5) is 0. The number of aromatic hydroxyl groups is 1. The Morgan fingerprint density at radius 2 is 0.871 bits per heavy atom. The molecule has 0 unspecified atom stereocenters. The first-order valence-electron chi connectivity index (χ1n) is 11.4. The molecule has 180 valence electrons. The highest BCUT2D eigenvalue weighted by Gasteiger charge is 2.10. The SMILES string of the molecule is NCCNCCNCc1cc(CNCCNCCN)c(O)c(CNCCNCCN)c1. The van der Waals surface area contributed by atoms with E-state index in [2.05, 4.69) is 44.0 Å². The van der Waals surface area contributed by atoms with Gasteiger partial charge in [-0.3, -0.25) is 0 Å². The minimum Gasteiger partial charge on any atom is -0.507 e. The third kappa shape index (κ3) is 13.6. The van der Waals surface area contributed by atoms with Gasteiger partial charge in [0.2, 0.25) is 0 Å². The first kappa shape index (κ1) is 27.7. The van der Waals surface area contributed by atoms with Gasteiger partial charge >= 0.3 is 0 Å². The lowest BCUT2D eigenvalue weighted by atomic mass is 10.0. The van der Waals surface area contributed by atoms with Crippen LogP contribution < -0.4 is 49.1 Å². The summed E-state index contributed by atoms with van der Waals surface area (Å²) in [5, 5.41) is 30.8. The lowest BCUT2D eigenvalue weighted by Gasteiger charge is -2.15. The van der Waals surface area contributed by atoms with Gasteiger partial charge < -0.3 is 54.2 Å². The minimum atomic E-state index is 0.359. The molecule has 0 heterocycles. The smallest absolute Gasteiger partial charge is 0.124 e. The first-order valence-corrected chi connectivity index (χ1v) is 11.4. The normalized spacial score (nSPS) is 11.3. The van der Waals surface area contributed by atoms with Gasteiger partial charge in [-0.25, -0.2) is 0 Å². The number of hydrogen-bond acceptors (Lipinski definition) is 10. The fourth-order valence-electron chi connectivity index (χ4n) is 3.09. The number of phenolic OH excluding ortho intramolecular Hbond substituents is 1. The molecule has 0 saturated carbocycles. The van der Waals surface area contributed by atoms with Crippen molar-refractivity contribution in [1.82, 2.24) is 31.9 Å². The number of phenols is 1. The first-order chi connectivity index (χ1) is 15.2. The van der Waals surface area contributed by atoms with E-state index < -0.39 is 0 Å². The Kier molecular flexibility index (Phi) is 17.3. The summed E-state index contributed by atoms with van der Waals surface area (Å²) in [7, 11) is 0. The number of nitrogens with two attached hydrogens (primary N) is 3. The van der Waals surface area contributed by atoms with Crippen LogP contribution in [0.4, 0.5) is 0 Å². The van der Waals surface area contributed by atoms with Crippen molar-refractivity contribution in [3.63, 3.8) is 0 Å². The Morgan fingerprint density at radius 3 is 1.26 bits per heavy atom. The molecule has 0 atom stereocenters. The quantitative estimate of drug-likeness (QED) is 0.0909. The molecule has 1 rings (SSSR count). The number of hydrogen-bond donors (Lipinski definition) is 10. The van der Waals surface area contributed by atoms with Crippen molar-refractivity contribution in [2.45, 2.75) is 19.6 Å². The summed E-state index contributed by atoms with van der Waals surface area (Å²) in [5.74, 6) is 0.359. The van der Waals surface area contributed by atoms with E-state index in [0.29, 0.717) is 38.5 Å². The average molecular weight is 440 g/mol. The number of rotatable bonds is 21. The highest BCUT2D eigenvalue weighted by atomic mass is 16.3. The molecule has 0 fully saturated rings. The van der Waals surface area contributed by atoms with Crippen LogP contribution in [0, 0.1) is 0 Å². The van der Waals surface area contributed by atoms with Gasteiger partial charge in [-0.1, -0.05) is 0 Å². The van der Waals surface area contributed by atoms with E-state index in [9.17, 15) is 5.11 Å². The van der Waals surface area contributed by atoms with Crippen LogP contribution in [0.25, 0.3) is 0 Å². The van der Waals surface area contributed by atoms with Crippen LogP contribution in [0.1, 0.15) is 16.7 Å². The second-order valence-electron chi connectivity index (χ2n) is 7.41. The molecule has 0 aliphatic carbocycles. The fraction of sp³-hybridized carbons (Fsp3) is 0.714. The maximum atomic E-state index is 10.8. The van der Waals surface area contributed by atoms with Crippen LogP contribution in [0.2, 0.25) is 0 Å². The molecule has 0 saturated heterocycles. The highest BCUT2D eigenvalue weighted by Crippen LogP contribution is 2.25. The number of benzene rings is 1. The van der Waals surface area contributed by atoms with Crippen LogP contribution in [-0.2, 0) is 19.6 Å². The van der Waals surface area contributed by atoms with Crippen molar-refractivity contribution in [3.8, 4) is 5.75 Å². The molecule has 0 aliphatic heterocycles. The van der Waals surface area contributed by atoms with E-state index in [1.165, 1.54) is 0 Å². The van der Waals surface area contributed by atoms with Crippen molar-refractivity contribution < 1.29 is 5.11 Å². The molecule has 0 amide bonds. The minimum absolute atomic E-state index is 0.359. The van der Waals surface area contributed by atoms with E-state index in [1.807, 2.05) is 0 Å². The predicted octanol–water partition coefficient (Wildman–Crippen LogP) is -2.69. The Balaban J connectivity index is 2.60. The fourth-order valence-corrected chi connectivity index (χ4v) is 3.09. The average Bonchev–Trinajstić information content (AvgIpc) is 2.77. The number of nitrogens with one attached hydrogen (secondary N) is 6. The molecule has 0 bridgehead atoms. The van der Waals surface area contributed by atoms with Gasteiger partial charge in [0.15, 0.2) is 0 Å². The zero-order chi connectivity index (χ0) is 22.6. The van der Waals surface area contributed by atoms with E-state index >= 15 is 0 Å². The van der Waals surface area contributed by atoms with E-state index in [-0.39, 0.29) is 0 Å². The molecular formula is C21H45N9O. The van der Waals surface area contributed by atoms with Crippen LogP contribution in [0.5, 0.6) is 5.75 Å². The lowest BCUT2D eigenvalue weighted by molar-refractivity contribution is 0.452. The Labute approximate surface area is 187 Å². The maximum absolute atomic E-state index is 10.8. The predicted molar refractivity (Wildman–Crippen MR) is 129 cm³/mol. The molecule has 1 aromatic carbocycles. The maximum Gasteiger partial charge on any atom is 0.124 e. The van der Waals surface area contributed by atoms with Crippen LogP contribution in [0.15, 0.2) is 12.1 Å². The van der Waals surface area contributed by atoms with Crippen molar-refractivity contribution in [2.24, 2.45) is 17.2 Å². The molecule has 1 aromatic rings. The van der Waals surface area contributed by atoms with E-state index in [0.717, 1.165) is 82.1 Å². The lowest BCUT2D eigenvalue weighted by Crippen LogP contribution is -2.31. The van der Waals surface area contributed by atoms with Gasteiger partial charge in [0.05, 0.1) is 0 Å². The zero-order valence-electron chi connectivity index (χ0n) is 18.9. The highest BCUT2D eigenvalue weighted by molar-refractivity contribution is 5.44. The molecule has 13 N–H and O–H groups in total. The topological polar surface area (TPSA) is 170 Å². The summed E-state index contributed by atoms with van der Waals surface area (Å²) in [5.41, 5.74) is 19.5. The molecule has 0 spiro atoms. The van der Waals surface area contributed by atoms with Crippen LogP contribution in [-0.4, -0.2) is 83.6 Å². The van der Waals surface area contributed by atoms with Gasteiger partial charge in [-0.15, -0.1) is 0 Å². The molecule has 31 heavy (non-hydrogen) atoms. The Morgan fingerprint density at radius 1 is 0.516 bits per heavy atom. The van der Waals surface area contributed by atoms with Gasteiger partial charge in [0.25, 0.3) is 0 Å². The van der Waals surface area contributed by atoms with Crippen LogP contribution >= 0.6 is 0 Å². The summed E-state index contributed by atoms with van der Waals surface area (Å²) in [6.07, 6.45) is 0. The zero-order valence-corrected chi connectivity index (χ0v) is 18.9. The standard InChI is InChI=1S/C21H45N9O/c22-1-4-25-7-10-28-15-18-13-19(16-29-11-8-26-5-2-23)21(31)20(14-18)17-30-12-9-27-6-3-24/h13-14,25-31H,1-12,15-17,22-24H2. The van der Waals surface area contributed by atoms with Gasteiger partial charge in [0.1, 0.15) is 5.75 Å². The Hall–Kier alpha value is -1.34. The van der Waals surface area contributed by atoms with Gasteiger partial charge in [-0.2, -0.15) is 0 Å². The second-order valence-corrected chi connectivity index (χ2v) is 7.41. The molecule has 0 aromatic heterocycles. The molecule has 0 aliphatic rings. The van der Waals surface area contributed by atoms with E-state index in [4.69, 9.17) is 17.2 Å². The third-order valence-corrected chi connectivity index (χ3v) is 4.69. The second kappa shape index (κ2) is 19.4. The molecule has 10 nitrogen and oxygen atoms in total. The molecule has 10 heteroatoms. The summed E-state index contributed by atoms with van der Waals surface area (Å²) in [6, 6.07) is 4.14. The van der Waals surface area contributed by atoms with E-state index in [1.54, 1.807) is 0 Å². The summed E-state index contributed by atoms with van der Waals surface area (Å²) >= 11 is 0. The van der Waals surface area contributed by atoms with Crippen molar-refractivity contribution in [3.05, 3.63) is 28.8 Å². The monoisotopic (exact) mass is 439 g/mol. The molecular weight excluding hydrogens is 394 g/mol. The third-order valence-electron chi connectivity index (χ3n) is 4.69. The molecule has 0 radical (unpaired) electrons. The van der Waals surface area contributed by atoms with Crippen molar-refractivity contribution in [2.75, 3.05) is 78.5 Å². The van der Waals surface area contributed by atoms with Gasteiger partial charge in [0, 0.05) is 109 Å². The van der Waals surface area contributed by atoms with Crippen molar-refractivity contribution in [1.29, 1.82) is 0 Å².